The molecule has 0 unspecified atom stereocenters. The molecule has 1 amide bonds. The second-order valence-corrected chi connectivity index (χ2v) is 6.16. The standard InChI is InChI=1S/C18H23N5O2/c1-13(2)12-22(7-8-25-3)18(24)14-5-4-6-16(9-14)23-17(20)15(10-19)11-21-23/h4-6,9,11,13H,7-8,12,20H2,1-3H3. The van der Waals surface area contributed by atoms with Crippen molar-refractivity contribution in [3.05, 3.63) is 41.6 Å². The van der Waals surface area contributed by atoms with Crippen LogP contribution in [0.25, 0.3) is 5.69 Å². The summed E-state index contributed by atoms with van der Waals surface area (Å²) in [5, 5.41) is 13.1. The van der Waals surface area contributed by atoms with Crippen molar-refractivity contribution >= 4 is 11.7 Å². The van der Waals surface area contributed by atoms with E-state index in [1.54, 1.807) is 36.3 Å². The van der Waals surface area contributed by atoms with Gasteiger partial charge in [-0.1, -0.05) is 19.9 Å². The zero-order valence-electron chi connectivity index (χ0n) is 14.8. The Morgan fingerprint density at radius 3 is 2.84 bits per heavy atom. The molecule has 0 radical (unpaired) electrons. The van der Waals surface area contributed by atoms with Gasteiger partial charge in [-0.2, -0.15) is 10.4 Å². The quantitative estimate of drug-likeness (QED) is 0.831. The van der Waals surface area contributed by atoms with Gasteiger partial charge >= 0.3 is 0 Å². The summed E-state index contributed by atoms with van der Waals surface area (Å²) in [4.78, 5) is 14.7. The van der Waals surface area contributed by atoms with Crippen molar-refractivity contribution < 1.29 is 9.53 Å². The number of nitrogens with two attached hydrogens (primary N) is 1. The predicted molar refractivity (Wildman–Crippen MR) is 95.3 cm³/mol. The fourth-order valence-corrected chi connectivity index (χ4v) is 2.52. The van der Waals surface area contributed by atoms with Crippen molar-refractivity contribution in [1.82, 2.24) is 14.7 Å². The van der Waals surface area contributed by atoms with E-state index in [2.05, 4.69) is 18.9 Å². The van der Waals surface area contributed by atoms with Crippen molar-refractivity contribution in [3.8, 4) is 11.8 Å². The van der Waals surface area contributed by atoms with Gasteiger partial charge in [-0.05, 0) is 24.1 Å². The number of nitrogens with zero attached hydrogens (tertiary/aromatic N) is 4. The summed E-state index contributed by atoms with van der Waals surface area (Å²) in [6, 6.07) is 9.05. The van der Waals surface area contributed by atoms with Crippen molar-refractivity contribution in [2.24, 2.45) is 5.92 Å². The molecule has 0 aliphatic heterocycles. The third kappa shape index (κ3) is 4.37. The van der Waals surface area contributed by atoms with Crippen LogP contribution in [0.5, 0.6) is 0 Å². The maximum absolute atomic E-state index is 12.9. The van der Waals surface area contributed by atoms with E-state index < -0.39 is 0 Å². The highest BCUT2D eigenvalue weighted by Crippen LogP contribution is 2.18. The average Bonchev–Trinajstić information content (AvgIpc) is 2.98. The number of hydrogen-bond acceptors (Lipinski definition) is 5. The predicted octanol–water partition coefficient (Wildman–Crippen LogP) is 2.07. The van der Waals surface area contributed by atoms with E-state index in [1.165, 1.54) is 10.9 Å². The number of ether oxygens (including phenoxy) is 1. The summed E-state index contributed by atoms with van der Waals surface area (Å²) in [6.07, 6.45) is 1.41. The molecule has 0 fully saturated rings. The molecule has 0 aliphatic carbocycles. The summed E-state index contributed by atoms with van der Waals surface area (Å²) in [7, 11) is 1.62. The normalized spacial score (nSPS) is 10.7. The number of anilines is 1. The minimum atomic E-state index is -0.0705. The summed E-state index contributed by atoms with van der Waals surface area (Å²) in [5.41, 5.74) is 7.42. The van der Waals surface area contributed by atoms with E-state index in [0.717, 1.165) is 0 Å². The molecule has 0 aliphatic rings. The van der Waals surface area contributed by atoms with Crippen LogP contribution in [-0.4, -0.2) is 47.4 Å². The Balaban J connectivity index is 2.31. The Bertz CT molecular complexity index is 776. The highest BCUT2D eigenvalue weighted by molar-refractivity contribution is 5.94. The zero-order chi connectivity index (χ0) is 18.4. The number of methoxy groups -OCH3 is 1. The molecule has 2 rings (SSSR count). The zero-order valence-corrected chi connectivity index (χ0v) is 14.8. The van der Waals surface area contributed by atoms with Crippen LogP contribution in [0, 0.1) is 17.2 Å². The van der Waals surface area contributed by atoms with Crippen LogP contribution >= 0.6 is 0 Å². The first kappa shape index (κ1) is 18.5. The first-order valence-corrected chi connectivity index (χ1v) is 8.10. The molecular formula is C18H23N5O2. The van der Waals surface area contributed by atoms with Gasteiger partial charge < -0.3 is 15.4 Å². The lowest BCUT2D eigenvalue weighted by Gasteiger charge is -2.24. The van der Waals surface area contributed by atoms with Gasteiger partial charge in [0.25, 0.3) is 5.91 Å². The van der Waals surface area contributed by atoms with Crippen molar-refractivity contribution in [2.45, 2.75) is 13.8 Å². The molecule has 25 heavy (non-hydrogen) atoms. The molecule has 7 heteroatoms. The Hall–Kier alpha value is -2.85. The summed E-state index contributed by atoms with van der Waals surface area (Å²) in [5.74, 6) is 0.535. The van der Waals surface area contributed by atoms with Crippen molar-refractivity contribution in [3.63, 3.8) is 0 Å². The molecule has 1 aromatic carbocycles. The molecule has 132 valence electrons. The number of nitrogen functional groups attached to an aromatic ring is 1. The number of benzene rings is 1. The van der Waals surface area contributed by atoms with Crippen molar-refractivity contribution in [2.75, 3.05) is 32.5 Å². The van der Waals surface area contributed by atoms with Gasteiger partial charge in [-0.3, -0.25) is 4.79 Å². The van der Waals surface area contributed by atoms with Gasteiger partial charge in [0.1, 0.15) is 17.5 Å². The lowest BCUT2D eigenvalue weighted by Crippen LogP contribution is -2.36. The molecule has 0 saturated heterocycles. The van der Waals surface area contributed by atoms with E-state index in [4.69, 9.17) is 15.7 Å². The summed E-state index contributed by atoms with van der Waals surface area (Å²) < 4.78 is 6.56. The third-order valence-electron chi connectivity index (χ3n) is 3.70. The van der Waals surface area contributed by atoms with Crippen LogP contribution in [0.3, 0.4) is 0 Å². The number of nitriles is 1. The van der Waals surface area contributed by atoms with Gasteiger partial charge in [0.15, 0.2) is 0 Å². The highest BCUT2D eigenvalue weighted by Gasteiger charge is 2.18. The van der Waals surface area contributed by atoms with Gasteiger partial charge in [0, 0.05) is 25.8 Å². The van der Waals surface area contributed by atoms with Crippen LogP contribution in [0.2, 0.25) is 0 Å². The first-order chi connectivity index (χ1) is 12.0. The number of carbonyl (C=O) groups excluding carboxylic acids is 1. The molecular weight excluding hydrogens is 318 g/mol. The van der Waals surface area contributed by atoms with Gasteiger partial charge in [0.2, 0.25) is 0 Å². The Labute approximate surface area is 147 Å². The molecule has 0 spiro atoms. The summed E-state index contributed by atoms with van der Waals surface area (Å²) in [6.45, 7) is 5.79. The minimum absolute atomic E-state index is 0.0705. The Morgan fingerprint density at radius 1 is 1.48 bits per heavy atom. The van der Waals surface area contributed by atoms with Gasteiger partial charge in [-0.15, -0.1) is 0 Å². The second kappa shape index (κ2) is 8.31. The Kier molecular flexibility index (Phi) is 6.14. The molecule has 2 aromatic rings. The number of hydrogen-bond donors (Lipinski definition) is 1. The minimum Gasteiger partial charge on any atom is -0.383 e. The molecule has 0 saturated carbocycles. The van der Waals surface area contributed by atoms with Crippen LogP contribution in [0.1, 0.15) is 29.8 Å². The monoisotopic (exact) mass is 341 g/mol. The molecule has 2 N–H and O–H groups in total. The number of amides is 1. The van der Waals surface area contributed by atoms with Crippen LogP contribution < -0.4 is 5.73 Å². The van der Waals surface area contributed by atoms with E-state index in [9.17, 15) is 4.79 Å². The lowest BCUT2D eigenvalue weighted by atomic mass is 10.1. The number of carbonyl (C=O) groups is 1. The van der Waals surface area contributed by atoms with E-state index in [0.29, 0.717) is 42.4 Å². The van der Waals surface area contributed by atoms with E-state index >= 15 is 0 Å². The Morgan fingerprint density at radius 2 is 2.24 bits per heavy atom. The molecule has 0 bridgehead atoms. The van der Waals surface area contributed by atoms with Crippen LogP contribution in [0.4, 0.5) is 5.82 Å². The number of aromatic nitrogens is 2. The highest BCUT2D eigenvalue weighted by atomic mass is 16.5. The molecule has 7 nitrogen and oxygen atoms in total. The lowest BCUT2D eigenvalue weighted by molar-refractivity contribution is 0.0672. The smallest absolute Gasteiger partial charge is 0.254 e. The maximum atomic E-state index is 12.9. The van der Waals surface area contributed by atoms with E-state index in [-0.39, 0.29) is 11.7 Å². The second-order valence-electron chi connectivity index (χ2n) is 6.16. The maximum Gasteiger partial charge on any atom is 0.254 e. The summed E-state index contributed by atoms with van der Waals surface area (Å²) >= 11 is 0. The fourth-order valence-electron chi connectivity index (χ4n) is 2.52. The van der Waals surface area contributed by atoms with Crippen molar-refractivity contribution in [1.29, 1.82) is 5.26 Å². The average molecular weight is 341 g/mol. The molecule has 1 aromatic heterocycles. The molecule has 0 atom stereocenters. The molecule has 1 heterocycles. The topological polar surface area (TPSA) is 97.2 Å². The number of rotatable bonds is 7. The van der Waals surface area contributed by atoms with E-state index in [1.807, 2.05) is 6.07 Å². The van der Waals surface area contributed by atoms with Gasteiger partial charge in [0.05, 0.1) is 18.5 Å². The van der Waals surface area contributed by atoms with Crippen LogP contribution in [-0.2, 0) is 4.74 Å². The first-order valence-electron chi connectivity index (χ1n) is 8.10. The SMILES string of the molecule is COCCN(CC(C)C)C(=O)c1cccc(-n2ncc(C#N)c2N)c1. The fraction of sp³-hybridized carbons (Fsp3) is 0.389. The third-order valence-corrected chi connectivity index (χ3v) is 3.70. The van der Waals surface area contributed by atoms with Crippen LogP contribution in [0.15, 0.2) is 30.5 Å². The largest absolute Gasteiger partial charge is 0.383 e. The van der Waals surface area contributed by atoms with Gasteiger partial charge in [-0.25, -0.2) is 4.68 Å².